The van der Waals surface area contributed by atoms with Gasteiger partial charge < -0.3 is 10.2 Å². The highest BCUT2D eigenvalue weighted by Crippen LogP contribution is 2.17. The van der Waals surface area contributed by atoms with Crippen molar-refractivity contribution in [2.75, 3.05) is 19.0 Å². The molecule has 0 aliphatic carbocycles. The van der Waals surface area contributed by atoms with Crippen LogP contribution in [0.2, 0.25) is 0 Å². The Hall–Kier alpha value is -1.88. The first-order valence-electron chi connectivity index (χ1n) is 6.03. The number of nitrogens with zero attached hydrogens (tertiary/aromatic N) is 2. The van der Waals surface area contributed by atoms with Gasteiger partial charge in [-0.25, -0.2) is 4.98 Å². The number of carbonyl (C=O) groups is 1. The summed E-state index contributed by atoms with van der Waals surface area (Å²) in [4.78, 5) is 19.1. The molecule has 0 aliphatic rings. The first kappa shape index (κ1) is 13.5. The van der Waals surface area contributed by atoms with Gasteiger partial charge in [-0.2, -0.15) is 0 Å². The van der Waals surface area contributed by atoms with Gasteiger partial charge in [0.15, 0.2) is 0 Å². The van der Waals surface area contributed by atoms with Crippen LogP contribution >= 0.6 is 11.3 Å². The van der Waals surface area contributed by atoms with Gasteiger partial charge in [-0.05, 0) is 30.0 Å². The summed E-state index contributed by atoms with van der Waals surface area (Å²) in [5, 5.41) is 4.87. The highest BCUT2D eigenvalue weighted by Gasteiger charge is 2.11. The molecule has 0 unspecified atom stereocenters. The van der Waals surface area contributed by atoms with Crippen LogP contribution in [0.1, 0.15) is 20.8 Å². The molecule has 0 fully saturated rings. The predicted octanol–water partition coefficient (Wildman–Crippen LogP) is 2.45. The zero-order valence-electron chi connectivity index (χ0n) is 11.3. The summed E-state index contributed by atoms with van der Waals surface area (Å²) in [5.74, 6) is 0.853. The highest BCUT2D eigenvalue weighted by atomic mass is 32.1. The third kappa shape index (κ3) is 3.12. The van der Waals surface area contributed by atoms with E-state index in [2.05, 4.69) is 10.3 Å². The van der Waals surface area contributed by atoms with Crippen molar-refractivity contribution in [2.24, 2.45) is 0 Å². The van der Waals surface area contributed by atoms with Crippen LogP contribution in [0.15, 0.2) is 29.8 Å². The lowest BCUT2D eigenvalue weighted by molar-refractivity contribution is 0.0954. The van der Waals surface area contributed by atoms with E-state index >= 15 is 0 Å². The van der Waals surface area contributed by atoms with Crippen LogP contribution in [0, 0.1) is 6.92 Å². The number of hydrogen-bond acceptors (Lipinski definition) is 4. The lowest BCUT2D eigenvalue weighted by Crippen LogP contribution is -2.24. The summed E-state index contributed by atoms with van der Waals surface area (Å²) in [6.45, 7) is 2.43. The van der Waals surface area contributed by atoms with Crippen molar-refractivity contribution in [3.05, 3.63) is 45.8 Å². The molecule has 1 N–H and O–H groups in total. The van der Waals surface area contributed by atoms with E-state index < -0.39 is 0 Å². The van der Waals surface area contributed by atoms with Gasteiger partial charge >= 0.3 is 0 Å². The smallest absolute Gasteiger partial charge is 0.261 e. The van der Waals surface area contributed by atoms with Crippen molar-refractivity contribution in [2.45, 2.75) is 13.5 Å². The Kier molecular flexibility index (Phi) is 4.16. The molecule has 100 valence electrons. The van der Waals surface area contributed by atoms with Crippen LogP contribution in [0.5, 0.6) is 0 Å². The summed E-state index contributed by atoms with van der Waals surface area (Å²) in [6, 6.07) is 5.81. The van der Waals surface area contributed by atoms with Crippen molar-refractivity contribution in [3.63, 3.8) is 0 Å². The fraction of sp³-hybridized carbons (Fsp3) is 0.286. The van der Waals surface area contributed by atoms with Crippen LogP contribution in [0.3, 0.4) is 0 Å². The Balaban J connectivity index is 2.07. The van der Waals surface area contributed by atoms with Crippen molar-refractivity contribution >= 4 is 23.1 Å². The third-order valence-electron chi connectivity index (χ3n) is 2.80. The van der Waals surface area contributed by atoms with Gasteiger partial charge in [-0.1, -0.05) is 6.07 Å². The quantitative estimate of drug-likeness (QED) is 0.932. The van der Waals surface area contributed by atoms with Crippen molar-refractivity contribution in [1.82, 2.24) is 10.3 Å². The van der Waals surface area contributed by atoms with Gasteiger partial charge in [-0.3, -0.25) is 4.79 Å². The van der Waals surface area contributed by atoms with E-state index in [0.29, 0.717) is 6.54 Å². The normalized spacial score (nSPS) is 10.3. The number of anilines is 1. The van der Waals surface area contributed by atoms with E-state index in [-0.39, 0.29) is 5.91 Å². The van der Waals surface area contributed by atoms with Crippen molar-refractivity contribution < 1.29 is 4.79 Å². The molecule has 0 aliphatic heterocycles. The predicted molar refractivity (Wildman–Crippen MR) is 78.8 cm³/mol. The molecular weight excluding hydrogens is 258 g/mol. The molecule has 0 saturated heterocycles. The zero-order chi connectivity index (χ0) is 13.8. The maximum Gasteiger partial charge on any atom is 0.261 e. The summed E-state index contributed by atoms with van der Waals surface area (Å²) < 4.78 is 0. The average Bonchev–Trinajstić information content (AvgIpc) is 2.82. The van der Waals surface area contributed by atoms with Gasteiger partial charge in [-0.15, -0.1) is 11.3 Å². The summed E-state index contributed by atoms with van der Waals surface area (Å²) >= 11 is 1.47. The molecule has 2 aromatic rings. The topological polar surface area (TPSA) is 45.2 Å². The number of rotatable bonds is 4. The fourth-order valence-corrected chi connectivity index (χ4v) is 2.67. The lowest BCUT2D eigenvalue weighted by atomic mass is 10.2. The Morgan fingerprint density at radius 3 is 2.84 bits per heavy atom. The first-order chi connectivity index (χ1) is 9.09. The summed E-state index contributed by atoms with van der Waals surface area (Å²) in [6.07, 6.45) is 1.75. The maximum atomic E-state index is 12.0. The summed E-state index contributed by atoms with van der Waals surface area (Å²) in [7, 11) is 3.88. The molecule has 0 bridgehead atoms. The number of thiophene rings is 1. The van der Waals surface area contributed by atoms with Crippen LogP contribution in [-0.2, 0) is 6.54 Å². The number of amides is 1. The molecular formula is C14H17N3OS. The van der Waals surface area contributed by atoms with E-state index in [4.69, 9.17) is 0 Å². The van der Waals surface area contributed by atoms with E-state index in [1.54, 1.807) is 6.20 Å². The second kappa shape index (κ2) is 5.84. The number of pyridine rings is 1. The molecule has 19 heavy (non-hydrogen) atoms. The molecule has 2 heterocycles. The van der Waals surface area contributed by atoms with Crippen LogP contribution in [0.25, 0.3) is 0 Å². The monoisotopic (exact) mass is 275 g/mol. The highest BCUT2D eigenvalue weighted by molar-refractivity contribution is 7.12. The molecule has 1 amide bonds. The van der Waals surface area contributed by atoms with Crippen LogP contribution in [-0.4, -0.2) is 25.0 Å². The number of aromatic nitrogens is 1. The summed E-state index contributed by atoms with van der Waals surface area (Å²) in [5.41, 5.74) is 2.02. The Morgan fingerprint density at radius 1 is 1.42 bits per heavy atom. The molecule has 2 rings (SSSR count). The third-order valence-corrected chi connectivity index (χ3v) is 3.81. The maximum absolute atomic E-state index is 12.0. The molecule has 2 aromatic heterocycles. The number of hydrogen-bond donors (Lipinski definition) is 1. The van der Waals surface area contributed by atoms with E-state index in [1.165, 1.54) is 11.3 Å². The van der Waals surface area contributed by atoms with Gasteiger partial charge in [0.2, 0.25) is 0 Å². The molecule has 0 aromatic carbocycles. The van der Waals surface area contributed by atoms with E-state index in [0.717, 1.165) is 21.8 Å². The Bertz CT molecular complexity index is 578. The first-order valence-corrected chi connectivity index (χ1v) is 6.91. The number of carbonyl (C=O) groups excluding carboxylic acids is 1. The Labute approximate surface area is 117 Å². The molecule has 0 radical (unpaired) electrons. The molecule has 5 heteroatoms. The average molecular weight is 275 g/mol. The second-order valence-electron chi connectivity index (χ2n) is 4.50. The second-order valence-corrected chi connectivity index (χ2v) is 5.41. The van der Waals surface area contributed by atoms with Gasteiger partial charge in [0.1, 0.15) is 5.82 Å². The minimum atomic E-state index is -0.0268. The van der Waals surface area contributed by atoms with Gasteiger partial charge in [0, 0.05) is 32.4 Å². The largest absolute Gasteiger partial charge is 0.362 e. The zero-order valence-corrected chi connectivity index (χ0v) is 12.1. The lowest BCUT2D eigenvalue weighted by Gasteiger charge is -2.16. The standard InChI is InChI=1S/C14H17N3OS/c1-10-6-8-19-12(10)14(18)16-9-11-5-4-7-15-13(11)17(2)3/h4-8H,9H2,1-3H3,(H,16,18). The van der Waals surface area contributed by atoms with Crippen molar-refractivity contribution in [3.8, 4) is 0 Å². The van der Waals surface area contributed by atoms with Gasteiger partial charge in [0.25, 0.3) is 5.91 Å². The fourth-order valence-electron chi connectivity index (χ4n) is 1.83. The minimum Gasteiger partial charge on any atom is -0.362 e. The minimum absolute atomic E-state index is 0.0268. The molecule has 0 saturated carbocycles. The van der Waals surface area contributed by atoms with Gasteiger partial charge in [0.05, 0.1) is 4.88 Å². The van der Waals surface area contributed by atoms with E-state index in [1.807, 2.05) is 49.5 Å². The SMILES string of the molecule is Cc1ccsc1C(=O)NCc1cccnc1N(C)C. The molecule has 0 spiro atoms. The number of nitrogens with one attached hydrogen (secondary N) is 1. The molecule has 0 atom stereocenters. The van der Waals surface area contributed by atoms with Crippen LogP contribution in [0.4, 0.5) is 5.82 Å². The van der Waals surface area contributed by atoms with Crippen molar-refractivity contribution in [1.29, 1.82) is 0 Å². The molecule has 4 nitrogen and oxygen atoms in total. The Morgan fingerprint density at radius 2 is 2.21 bits per heavy atom. The van der Waals surface area contributed by atoms with Crippen LogP contribution < -0.4 is 10.2 Å². The number of aryl methyl sites for hydroxylation is 1. The van der Waals surface area contributed by atoms with E-state index in [9.17, 15) is 4.79 Å².